The fourth-order valence-corrected chi connectivity index (χ4v) is 2.97. The molecule has 108 valence electrons. The summed E-state index contributed by atoms with van der Waals surface area (Å²) in [5, 5.41) is 0. The maximum atomic E-state index is 11.8. The molecular formula is C18H18O3. The van der Waals surface area contributed by atoms with Crippen molar-refractivity contribution in [1.29, 1.82) is 0 Å². The zero-order valence-corrected chi connectivity index (χ0v) is 12.2. The summed E-state index contributed by atoms with van der Waals surface area (Å²) in [7, 11) is 1.39. The maximum Gasteiger partial charge on any atom is 0.338 e. The Bertz CT molecular complexity index is 584. The third kappa shape index (κ3) is 2.45. The van der Waals surface area contributed by atoms with Crippen LogP contribution in [-0.4, -0.2) is 24.8 Å². The standard InChI is InChI=1S/C18H18O3/c1-18(16(21-18)17(19)20-2)15(13-9-5-3-6-10-13)14-11-7-4-8-12-14/h3-12,15-16H,1-2H3. The summed E-state index contributed by atoms with van der Waals surface area (Å²) in [5.41, 5.74) is 1.71. The predicted octanol–water partition coefficient (Wildman–Crippen LogP) is 3.15. The first kappa shape index (κ1) is 13.8. The van der Waals surface area contributed by atoms with Gasteiger partial charge in [0.05, 0.1) is 7.11 Å². The molecule has 1 fully saturated rings. The molecule has 0 saturated carbocycles. The molecule has 3 rings (SSSR count). The van der Waals surface area contributed by atoms with Crippen LogP contribution in [0.3, 0.4) is 0 Å². The number of epoxide rings is 1. The van der Waals surface area contributed by atoms with Crippen LogP contribution in [0.15, 0.2) is 60.7 Å². The third-order valence-electron chi connectivity index (χ3n) is 4.09. The summed E-state index contributed by atoms with van der Waals surface area (Å²) in [6.45, 7) is 1.97. The topological polar surface area (TPSA) is 38.8 Å². The molecule has 0 aromatic heterocycles. The van der Waals surface area contributed by atoms with Gasteiger partial charge in [-0.1, -0.05) is 60.7 Å². The second-order valence-electron chi connectivity index (χ2n) is 5.46. The van der Waals surface area contributed by atoms with Gasteiger partial charge in [0.15, 0.2) is 6.10 Å². The first-order valence-electron chi connectivity index (χ1n) is 7.02. The van der Waals surface area contributed by atoms with Crippen molar-refractivity contribution in [2.75, 3.05) is 7.11 Å². The lowest BCUT2D eigenvalue weighted by Gasteiger charge is -2.22. The molecule has 0 bridgehead atoms. The van der Waals surface area contributed by atoms with Crippen LogP contribution in [0.1, 0.15) is 24.0 Å². The third-order valence-corrected chi connectivity index (χ3v) is 4.09. The van der Waals surface area contributed by atoms with Gasteiger partial charge in [0, 0.05) is 5.92 Å². The number of methoxy groups -OCH3 is 1. The minimum absolute atomic E-state index is 0.00370. The van der Waals surface area contributed by atoms with Gasteiger partial charge >= 0.3 is 5.97 Å². The van der Waals surface area contributed by atoms with E-state index in [0.29, 0.717) is 0 Å². The molecule has 2 unspecified atom stereocenters. The van der Waals surface area contributed by atoms with Gasteiger partial charge < -0.3 is 9.47 Å². The van der Waals surface area contributed by atoms with Crippen molar-refractivity contribution in [3.8, 4) is 0 Å². The number of carbonyl (C=O) groups is 1. The number of rotatable bonds is 4. The van der Waals surface area contributed by atoms with Gasteiger partial charge in [-0.2, -0.15) is 0 Å². The lowest BCUT2D eigenvalue weighted by Crippen LogP contribution is -2.27. The van der Waals surface area contributed by atoms with Gasteiger partial charge in [-0.25, -0.2) is 4.79 Å². The molecule has 0 amide bonds. The van der Waals surface area contributed by atoms with Crippen molar-refractivity contribution in [2.45, 2.75) is 24.5 Å². The lowest BCUT2D eigenvalue weighted by molar-refractivity contribution is -0.142. The summed E-state index contributed by atoms with van der Waals surface area (Å²) in [6, 6.07) is 20.3. The fourth-order valence-electron chi connectivity index (χ4n) is 2.97. The largest absolute Gasteiger partial charge is 0.467 e. The zero-order chi connectivity index (χ0) is 14.9. The van der Waals surface area contributed by atoms with E-state index in [9.17, 15) is 4.79 Å². The minimum Gasteiger partial charge on any atom is -0.467 e. The number of esters is 1. The van der Waals surface area contributed by atoms with Crippen molar-refractivity contribution >= 4 is 5.97 Å². The van der Waals surface area contributed by atoms with Gasteiger partial charge in [-0.3, -0.25) is 0 Å². The molecule has 0 radical (unpaired) electrons. The average Bonchev–Trinajstić information content (AvgIpc) is 3.21. The molecule has 2 aromatic rings. The number of hydrogen-bond acceptors (Lipinski definition) is 3. The van der Waals surface area contributed by atoms with E-state index in [2.05, 4.69) is 24.3 Å². The molecule has 1 aliphatic rings. The Morgan fingerprint density at radius 3 is 1.95 bits per heavy atom. The van der Waals surface area contributed by atoms with Crippen LogP contribution in [0.5, 0.6) is 0 Å². The molecule has 2 aromatic carbocycles. The number of ether oxygens (including phenoxy) is 2. The molecule has 21 heavy (non-hydrogen) atoms. The molecule has 1 saturated heterocycles. The second kappa shape index (κ2) is 5.34. The Morgan fingerprint density at radius 1 is 1.05 bits per heavy atom. The Labute approximate surface area is 124 Å². The summed E-state index contributed by atoms with van der Waals surface area (Å²) < 4.78 is 10.6. The molecular weight excluding hydrogens is 264 g/mol. The SMILES string of the molecule is COC(=O)C1OC1(C)C(c1ccccc1)c1ccccc1. The van der Waals surface area contributed by atoms with Crippen LogP contribution in [0.4, 0.5) is 0 Å². The number of benzene rings is 2. The molecule has 3 heteroatoms. The summed E-state index contributed by atoms with van der Waals surface area (Å²) in [4.78, 5) is 11.8. The van der Waals surface area contributed by atoms with Crippen LogP contribution < -0.4 is 0 Å². The number of hydrogen-bond donors (Lipinski definition) is 0. The van der Waals surface area contributed by atoms with E-state index in [1.54, 1.807) is 0 Å². The summed E-state index contributed by atoms with van der Waals surface area (Å²) >= 11 is 0. The van der Waals surface area contributed by atoms with Gasteiger partial charge in [-0.15, -0.1) is 0 Å². The Hall–Kier alpha value is -2.13. The second-order valence-corrected chi connectivity index (χ2v) is 5.46. The Kier molecular flexibility index (Phi) is 3.52. The van der Waals surface area contributed by atoms with Crippen molar-refractivity contribution in [2.24, 2.45) is 0 Å². The molecule has 2 atom stereocenters. The van der Waals surface area contributed by atoms with Crippen molar-refractivity contribution < 1.29 is 14.3 Å². The quantitative estimate of drug-likeness (QED) is 0.638. The molecule has 1 heterocycles. The van der Waals surface area contributed by atoms with Gasteiger partial charge in [-0.05, 0) is 18.1 Å². The monoisotopic (exact) mass is 282 g/mol. The first-order chi connectivity index (χ1) is 10.2. The number of carbonyl (C=O) groups excluding carboxylic acids is 1. The minimum atomic E-state index is -0.560. The Morgan fingerprint density at radius 2 is 1.52 bits per heavy atom. The molecule has 1 aliphatic heterocycles. The van der Waals surface area contributed by atoms with Crippen LogP contribution in [0, 0.1) is 0 Å². The summed E-state index contributed by atoms with van der Waals surface area (Å²) in [5.74, 6) is -0.307. The fraction of sp³-hybridized carbons (Fsp3) is 0.278. The van der Waals surface area contributed by atoms with Gasteiger partial charge in [0.2, 0.25) is 0 Å². The average molecular weight is 282 g/mol. The smallest absolute Gasteiger partial charge is 0.338 e. The van der Waals surface area contributed by atoms with E-state index < -0.39 is 11.7 Å². The summed E-state index contributed by atoms with van der Waals surface area (Å²) in [6.07, 6.45) is -0.507. The predicted molar refractivity (Wildman–Crippen MR) is 80.0 cm³/mol. The van der Waals surface area contributed by atoms with Crippen LogP contribution in [0.2, 0.25) is 0 Å². The highest BCUT2D eigenvalue weighted by molar-refractivity contribution is 5.80. The zero-order valence-electron chi connectivity index (χ0n) is 12.2. The highest BCUT2D eigenvalue weighted by atomic mass is 16.7. The first-order valence-corrected chi connectivity index (χ1v) is 7.02. The lowest BCUT2D eigenvalue weighted by atomic mass is 9.79. The van der Waals surface area contributed by atoms with Gasteiger partial charge in [0.25, 0.3) is 0 Å². The van der Waals surface area contributed by atoms with E-state index in [0.717, 1.165) is 11.1 Å². The van der Waals surface area contributed by atoms with Crippen molar-refractivity contribution in [3.05, 3.63) is 71.8 Å². The maximum absolute atomic E-state index is 11.8. The normalized spacial score (nSPS) is 23.9. The van der Waals surface area contributed by atoms with Crippen molar-refractivity contribution in [1.82, 2.24) is 0 Å². The van der Waals surface area contributed by atoms with Crippen molar-refractivity contribution in [3.63, 3.8) is 0 Å². The molecule has 0 N–H and O–H groups in total. The van der Waals surface area contributed by atoms with Crippen LogP contribution in [-0.2, 0) is 14.3 Å². The highest BCUT2D eigenvalue weighted by Crippen LogP contribution is 2.51. The van der Waals surface area contributed by atoms with E-state index in [1.165, 1.54) is 7.11 Å². The molecule has 0 spiro atoms. The van der Waals surface area contributed by atoms with E-state index in [-0.39, 0.29) is 11.9 Å². The van der Waals surface area contributed by atoms with E-state index in [1.807, 2.05) is 43.3 Å². The van der Waals surface area contributed by atoms with Crippen LogP contribution in [0.25, 0.3) is 0 Å². The van der Waals surface area contributed by atoms with Crippen LogP contribution >= 0.6 is 0 Å². The Balaban J connectivity index is 2.01. The van der Waals surface area contributed by atoms with E-state index in [4.69, 9.17) is 9.47 Å². The van der Waals surface area contributed by atoms with E-state index >= 15 is 0 Å². The highest BCUT2D eigenvalue weighted by Gasteiger charge is 2.62. The molecule has 0 aliphatic carbocycles. The molecule has 3 nitrogen and oxygen atoms in total. The van der Waals surface area contributed by atoms with Gasteiger partial charge in [0.1, 0.15) is 5.60 Å².